The number of aromatic nitrogens is 2. The smallest absolute Gasteiger partial charge is 0.122 e. The fourth-order valence-corrected chi connectivity index (χ4v) is 3.15. The van der Waals surface area contributed by atoms with Crippen molar-refractivity contribution in [2.75, 3.05) is 19.6 Å². The molecule has 4 heteroatoms. The van der Waals surface area contributed by atoms with Gasteiger partial charge in [-0.25, -0.2) is 4.98 Å². The molecule has 18 heavy (non-hydrogen) atoms. The predicted octanol–water partition coefficient (Wildman–Crippen LogP) is 1.62. The highest BCUT2D eigenvalue weighted by Crippen LogP contribution is 2.17. The van der Waals surface area contributed by atoms with Gasteiger partial charge in [0.25, 0.3) is 0 Å². The molecule has 1 aliphatic carbocycles. The van der Waals surface area contributed by atoms with Crippen LogP contribution in [0.5, 0.6) is 0 Å². The molecule has 100 valence electrons. The second-order valence-corrected chi connectivity index (χ2v) is 5.60. The van der Waals surface area contributed by atoms with Crippen LogP contribution in [-0.2, 0) is 13.1 Å². The second kappa shape index (κ2) is 5.85. The lowest BCUT2D eigenvalue weighted by molar-refractivity contribution is 0.213. The van der Waals surface area contributed by atoms with Crippen LogP contribution in [0.2, 0.25) is 0 Å². The Bertz CT molecular complexity index is 368. The molecule has 3 rings (SSSR count). The van der Waals surface area contributed by atoms with Gasteiger partial charge in [0.15, 0.2) is 0 Å². The van der Waals surface area contributed by atoms with Crippen molar-refractivity contribution in [2.45, 2.75) is 51.2 Å². The first-order valence-electron chi connectivity index (χ1n) is 7.37. The zero-order valence-corrected chi connectivity index (χ0v) is 11.1. The maximum atomic E-state index is 4.40. The van der Waals surface area contributed by atoms with E-state index in [9.17, 15) is 0 Å². The van der Waals surface area contributed by atoms with E-state index in [1.165, 1.54) is 57.6 Å². The second-order valence-electron chi connectivity index (χ2n) is 5.60. The number of nitrogens with zero attached hydrogens (tertiary/aromatic N) is 3. The summed E-state index contributed by atoms with van der Waals surface area (Å²) >= 11 is 0. The quantitative estimate of drug-likeness (QED) is 0.804. The Kier molecular flexibility index (Phi) is 3.96. The highest BCUT2D eigenvalue weighted by atomic mass is 15.2. The summed E-state index contributed by atoms with van der Waals surface area (Å²) in [5.41, 5.74) is 0. The minimum Gasteiger partial charge on any atom is -0.333 e. The summed E-state index contributed by atoms with van der Waals surface area (Å²) in [5, 5.41) is 3.69. The van der Waals surface area contributed by atoms with E-state index >= 15 is 0 Å². The molecule has 1 aliphatic heterocycles. The lowest BCUT2D eigenvalue weighted by Gasteiger charge is -2.27. The molecule has 1 N–H and O–H groups in total. The Labute approximate surface area is 109 Å². The van der Waals surface area contributed by atoms with Crippen molar-refractivity contribution in [3.63, 3.8) is 0 Å². The Morgan fingerprint density at radius 2 is 2.17 bits per heavy atom. The first kappa shape index (κ1) is 12.2. The Balaban J connectivity index is 1.34. The molecular weight excluding hydrogens is 224 g/mol. The molecule has 1 saturated carbocycles. The summed E-state index contributed by atoms with van der Waals surface area (Å²) in [6, 6.07) is 0.810. The molecule has 0 amide bonds. The minimum absolute atomic E-state index is 0.810. The highest BCUT2D eigenvalue weighted by molar-refractivity contribution is 4.95. The summed E-state index contributed by atoms with van der Waals surface area (Å²) in [6.07, 6.45) is 10.9. The molecule has 1 aromatic heterocycles. The molecule has 0 unspecified atom stereocenters. The molecule has 4 nitrogen and oxygen atoms in total. The Hall–Kier alpha value is -0.870. The van der Waals surface area contributed by atoms with E-state index in [0.29, 0.717) is 0 Å². The fourth-order valence-electron chi connectivity index (χ4n) is 3.15. The van der Waals surface area contributed by atoms with Gasteiger partial charge in [0.05, 0.1) is 6.54 Å². The standard InChI is InChI=1S/C14H24N4/c1-2-5-13(4-1)15-6-3-8-17-10-11-18-9-7-16-14(18)12-17/h7,9,13,15H,1-6,8,10-12H2. The van der Waals surface area contributed by atoms with E-state index < -0.39 is 0 Å². The van der Waals surface area contributed by atoms with Crippen LogP contribution in [-0.4, -0.2) is 40.1 Å². The van der Waals surface area contributed by atoms with Crippen molar-refractivity contribution < 1.29 is 0 Å². The highest BCUT2D eigenvalue weighted by Gasteiger charge is 2.16. The molecule has 0 bridgehead atoms. The average Bonchev–Trinajstić information content (AvgIpc) is 3.05. The number of nitrogens with one attached hydrogen (secondary N) is 1. The van der Waals surface area contributed by atoms with Gasteiger partial charge < -0.3 is 9.88 Å². The van der Waals surface area contributed by atoms with Crippen LogP contribution in [0, 0.1) is 0 Å². The molecule has 1 aromatic rings. The van der Waals surface area contributed by atoms with Gasteiger partial charge in [-0.1, -0.05) is 12.8 Å². The normalized spacial score (nSPS) is 21.3. The number of hydrogen-bond acceptors (Lipinski definition) is 3. The maximum absolute atomic E-state index is 4.40. The van der Waals surface area contributed by atoms with E-state index in [-0.39, 0.29) is 0 Å². The van der Waals surface area contributed by atoms with E-state index in [1.807, 2.05) is 6.20 Å². The van der Waals surface area contributed by atoms with E-state index in [0.717, 1.165) is 19.1 Å². The van der Waals surface area contributed by atoms with E-state index in [1.54, 1.807) is 0 Å². The summed E-state index contributed by atoms with van der Waals surface area (Å²) < 4.78 is 2.27. The van der Waals surface area contributed by atoms with Gasteiger partial charge in [0.1, 0.15) is 5.82 Å². The molecule has 0 radical (unpaired) electrons. The van der Waals surface area contributed by atoms with E-state index in [2.05, 4.69) is 26.0 Å². The van der Waals surface area contributed by atoms with Gasteiger partial charge in [0.2, 0.25) is 0 Å². The van der Waals surface area contributed by atoms with Crippen molar-refractivity contribution in [2.24, 2.45) is 0 Å². The van der Waals surface area contributed by atoms with Crippen LogP contribution in [0.3, 0.4) is 0 Å². The van der Waals surface area contributed by atoms with Gasteiger partial charge in [-0.05, 0) is 32.4 Å². The van der Waals surface area contributed by atoms with Crippen molar-refractivity contribution in [1.82, 2.24) is 19.8 Å². The maximum Gasteiger partial charge on any atom is 0.122 e. The average molecular weight is 248 g/mol. The third-order valence-corrected chi connectivity index (χ3v) is 4.26. The lowest BCUT2D eigenvalue weighted by Crippen LogP contribution is -2.36. The minimum atomic E-state index is 0.810. The van der Waals surface area contributed by atoms with Crippen LogP contribution in [0.25, 0.3) is 0 Å². The van der Waals surface area contributed by atoms with Crippen LogP contribution in [0.4, 0.5) is 0 Å². The van der Waals surface area contributed by atoms with Crippen LogP contribution < -0.4 is 5.32 Å². The zero-order chi connectivity index (χ0) is 12.2. The van der Waals surface area contributed by atoms with Gasteiger partial charge in [-0.3, -0.25) is 4.90 Å². The molecule has 2 heterocycles. The molecule has 0 saturated heterocycles. The predicted molar refractivity (Wildman–Crippen MR) is 72.4 cm³/mol. The number of rotatable bonds is 5. The van der Waals surface area contributed by atoms with Crippen LogP contribution in [0.15, 0.2) is 12.4 Å². The van der Waals surface area contributed by atoms with Crippen molar-refractivity contribution >= 4 is 0 Å². The fraction of sp³-hybridized carbons (Fsp3) is 0.786. The lowest BCUT2D eigenvalue weighted by atomic mass is 10.2. The SMILES string of the molecule is c1cn2c(n1)CN(CCCNC1CCCC1)CC2. The molecule has 2 aliphatic rings. The zero-order valence-electron chi connectivity index (χ0n) is 11.1. The van der Waals surface area contributed by atoms with Crippen LogP contribution >= 0.6 is 0 Å². The van der Waals surface area contributed by atoms with Gasteiger partial charge in [-0.2, -0.15) is 0 Å². The van der Waals surface area contributed by atoms with Crippen molar-refractivity contribution in [3.8, 4) is 0 Å². The summed E-state index contributed by atoms with van der Waals surface area (Å²) in [4.78, 5) is 6.93. The first-order valence-corrected chi connectivity index (χ1v) is 7.37. The van der Waals surface area contributed by atoms with Crippen molar-refractivity contribution in [3.05, 3.63) is 18.2 Å². The summed E-state index contributed by atoms with van der Waals surface area (Å²) in [6.45, 7) is 5.68. The molecular formula is C14H24N4. The summed E-state index contributed by atoms with van der Waals surface area (Å²) in [7, 11) is 0. The molecule has 1 fully saturated rings. The number of fused-ring (bicyclic) bond motifs is 1. The topological polar surface area (TPSA) is 33.1 Å². The third-order valence-electron chi connectivity index (χ3n) is 4.26. The molecule has 0 aromatic carbocycles. The molecule has 0 atom stereocenters. The Morgan fingerprint density at radius 3 is 3.06 bits per heavy atom. The molecule has 0 spiro atoms. The largest absolute Gasteiger partial charge is 0.333 e. The van der Waals surface area contributed by atoms with Crippen molar-refractivity contribution in [1.29, 1.82) is 0 Å². The first-order chi connectivity index (χ1) is 8.92. The van der Waals surface area contributed by atoms with Gasteiger partial charge in [0, 0.05) is 31.5 Å². The van der Waals surface area contributed by atoms with E-state index in [4.69, 9.17) is 0 Å². The van der Waals surface area contributed by atoms with Gasteiger partial charge >= 0.3 is 0 Å². The summed E-state index contributed by atoms with van der Waals surface area (Å²) in [5.74, 6) is 1.23. The monoisotopic (exact) mass is 248 g/mol. The number of hydrogen-bond donors (Lipinski definition) is 1. The number of imidazole rings is 1. The van der Waals surface area contributed by atoms with Crippen LogP contribution in [0.1, 0.15) is 37.9 Å². The third kappa shape index (κ3) is 2.93. The Morgan fingerprint density at radius 1 is 1.28 bits per heavy atom. The van der Waals surface area contributed by atoms with Gasteiger partial charge in [-0.15, -0.1) is 0 Å².